The number of nitrogens with one attached hydrogen (secondary N) is 2. The minimum atomic E-state index is -4.08. The van der Waals surface area contributed by atoms with E-state index in [9.17, 15) is 18.0 Å². The number of amides is 1. The van der Waals surface area contributed by atoms with E-state index in [1.54, 1.807) is 61.3 Å². The Hall–Kier alpha value is -4.32. The van der Waals surface area contributed by atoms with Gasteiger partial charge in [0.1, 0.15) is 0 Å². The van der Waals surface area contributed by atoms with Gasteiger partial charge in [0, 0.05) is 11.6 Å². The average molecular weight is 638 g/mol. The van der Waals surface area contributed by atoms with Gasteiger partial charge in [-0.25, -0.2) is 8.42 Å². The number of aromatic nitrogens is 1. The van der Waals surface area contributed by atoms with Gasteiger partial charge < -0.3 is 14.8 Å². The summed E-state index contributed by atoms with van der Waals surface area (Å²) in [6.07, 6.45) is 0.528. The van der Waals surface area contributed by atoms with Crippen molar-refractivity contribution in [3.05, 3.63) is 116 Å². The van der Waals surface area contributed by atoms with Crippen LogP contribution in [-0.4, -0.2) is 39.7 Å². The molecule has 5 aromatic rings. The van der Waals surface area contributed by atoms with Crippen molar-refractivity contribution in [1.29, 1.82) is 0 Å². The second-order valence-corrected chi connectivity index (χ2v) is 12.7. The number of fused-ring (bicyclic) bond motifs is 1. The summed E-state index contributed by atoms with van der Waals surface area (Å²) >= 11 is 6.94. The summed E-state index contributed by atoms with van der Waals surface area (Å²) in [6.45, 7) is 0.646. The number of rotatable bonds is 11. The van der Waals surface area contributed by atoms with Crippen LogP contribution in [0.25, 0.3) is 10.2 Å². The highest BCUT2D eigenvalue weighted by atomic mass is 35.5. The summed E-state index contributed by atoms with van der Waals surface area (Å²) in [5.41, 5.74) is 2.77. The first-order valence-electron chi connectivity index (χ1n) is 13.2. The van der Waals surface area contributed by atoms with Crippen LogP contribution < -0.4 is 24.4 Å². The Morgan fingerprint density at radius 2 is 1.63 bits per heavy atom. The molecule has 0 aliphatic carbocycles. The first kappa shape index (κ1) is 30.1. The van der Waals surface area contributed by atoms with Crippen molar-refractivity contribution in [3.8, 4) is 11.5 Å². The molecule has 1 amide bonds. The molecule has 5 rings (SSSR count). The normalized spacial score (nSPS) is 11.3. The van der Waals surface area contributed by atoms with Gasteiger partial charge in [-0.05, 0) is 72.1 Å². The van der Waals surface area contributed by atoms with Crippen molar-refractivity contribution in [2.24, 2.45) is 0 Å². The number of nitrogens with zero attached hydrogens (tertiary/aromatic N) is 1. The fraction of sp³-hybridized carbons (Fsp3) is 0.161. The molecule has 0 aliphatic heterocycles. The molecule has 0 unspecified atom stereocenters. The molecule has 2 N–H and O–H groups in total. The molecule has 0 aliphatic rings. The average Bonchev–Trinajstić information content (AvgIpc) is 3.31. The molecule has 0 fully saturated rings. The van der Waals surface area contributed by atoms with Gasteiger partial charge in [0.05, 0.1) is 47.1 Å². The monoisotopic (exact) mass is 637 g/mol. The Bertz CT molecular complexity index is 1950. The van der Waals surface area contributed by atoms with Crippen molar-refractivity contribution in [3.63, 3.8) is 0 Å². The smallest absolute Gasteiger partial charge is 0.308 e. The van der Waals surface area contributed by atoms with E-state index in [4.69, 9.17) is 21.1 Å². The maximum Gasteiger partial charge on any atom is 0.308 e. The lowest BCUT2D eigenvalue weighted by Crippen LogP contribution is -2.27. The fourth-order valence-corrected chi connectivity index (χ4v) is 6.80. The van der Waals surface area contributed by atoms with Gasteiger partial charge in [-0.3, -0.25) is 18.9 Å². The second kappa shape index (κ2) is 12.9. The van der Waals surface area contributed by atoms with E-state index < -0.39 is 15.9 Å². The minimum Gasteiger partial charge on any atom is -0.493 e. The topological polar surface area (TPSA) is 116 Å². The van der Waals surface area contributed by atoms with Gasteiger partial charge in [0.2, 0.25) is 0 Å². The van der Waals surface area contributed by atoms with Gasteiger partial charge in [-0.2, -0.15) is 0 Å². The van der Waals surface area contributed by atoms with E-state index in [0.29, 0.717) is 46.2 Å². The fourth-order valence-electron chi connectivity index (χ4n) is 4.56. The SMILES string of the molecule is COc1ccc(CCNC(=O)c2ccccc2NS(=O)(=O)c2ccc3c(c2)sc(=O)n3Cc2ccc(Cl)cc2)cc1OC. The number of halogens is 1. The summed E-state index contributed by atoms with van der Waals surface area (Å²) in [4.78, 5) is 25.6. The Balaban J connectivity index is 1.30. The molecule has 222 valence electrons. The maximum absolute atomic E-state index is 13.4. The van der Waals surface area contributed by atoms with Crippen LogP contribution in [0.5, 0.6) is 11.5 Å². The summed E-state index contributed by atoms with van der Waals surface area (Å²) < 4.78 is 42.0. The Labute approximate surface area is 257 Å². The number of hydrogen-bond acceptors (Lipinski definition) is 7. The summed E-state index contributed by atoms with van der Waals surface area (Å²) in [5.74, 6) is 0.779. The predicted molar refractivity (Wildman–Crippen MR) is 169 cm³/mol. The molecule has 1 aromatic heterocycles. The lowest BCUT2D eigenvalue weighted by molar-refractivity contribution is 0.0955. The second-order valence-electron chi connectivity index (χ2n) is 9.56. The first-order chi connectivity index (χ1) is 20.7. The molecule has 12 heteroatoms. The van der Waals surface area contributed by atoms with Gasteiger partial charge in [0.25, 0.3) is 15.9 Å². The van der Waals surface area contributed by atoms with Crippen LogP contribution in [-0.2, 0) is 23.0 Å². The zero-order valence-corrected chi connectivity index (χ0v) is 25.7. The minimum absolute atomic E-state index is 0.0245. The molecule has 0 saturated carbocycles. The number of sulfonamides is 1. The molecule has 9 nitrogen and oxygen atoms in total. The number of carbonyl (C=O) groups excluding carboxylic acids is 1. The van der Waals surface area contributed by atoms with Crippen LogP contribution in [0.15, 0.2) is 94.6 Å². The van der Waals surface area contributed by atoms with Gasteiger partial charge in [-0.15, -0.1) is 0 Å². The molecule has 0 atom stereocenters. The van der Waals surface area contributed by atoms with Crippen molar-refractivity contribution in [2.75, 3.05) is 25.5 Å². The number of hydrogen-bond donors (Lipinski definition) is 2. The van der Waals surface area contributed by atoms with Crippen LogP contribution in [0, 0.1) is 0 Å². The lowest BCUT2D eigenvalue weighted by atomic mass is 10.1. The number of benzene rings is 4. The number of carbonyl (C=O) groups is 1. The van der Waals surface area contributed by atoms with Crippen molar-refractivity contribution in [2.45, 2.75) is 17.9 Å². The summed E-state index contributed by atoms with van der Waals surface area (Å²) in [6, 6.07) is 23.6. The summed E-state index contributed by atoms with van der Waals surface area (Å²) in [5, 5.41) is 3.45. The quantitative estimate of drug-likeness (QED) is 0.196. The highest BCUT2D eigenvalue weighted by Crippen LogP contribution is 2.28. The van der Waals surface area contributed by atoms with Gasteiger partial charge >= 0.3 is 4.87 Å². The standard InChI is InChI=1S/C31H28ClN3O6S2/c1-40-27-14-9-20(17-28(27)41-2)15-16-33-30(36)24-5-3-4-6-25(24)34-43(38,39)23-12-13-26-29(18-23)42-31(37)35(26)19-21-7-10-22(32)11-8-21/h3-14,17-18,34H,15-16,19H2,1-2H3,(H,33,36). The van der Waals surface area contributed by atoms with Gasteiger partial charge in [0.15, 0.2) is 11.5 Å². The highest BCUT2D eigenvalue weighted by Gasteiger charge is 2.20. The number of thiazole rings is 1. The lowest BCUT2D eigenvalue weighted by Gasteiger charge is -2.13. The molecule has 0 saturated heterocycles. The zero-order valence-electron chi connectivity index (χ0n) is 23.3. The number of para-hydroxylation sites is 1. The molecule has 4 aromatic carbocycles. The van der Waals surface area contributed by atoms with Crippen LogP contribution in [0.3, 0.4) is 0 Å². The van der Waals surface area contributed by atoms with Crippen LogP contribution in [0.4, 0.5) is 5.69 Å². The van der Waals surface area contributed by atoms with E-state index >= 15 is 0 Å². The summed E-state index contributed by atoms with van der Waals surface area (Å²) in [7, 11) is -0.964. The third-order valence-corrected chi connectivity index (χ3v) is 9.32. The third kappa shape index (κ3) is 6.85. The van der Waals surface area contributed by atoms with E-state index in [-0.39, 0.29) is 21.0 Å². The van der Waals surface area contributed by atoms with E-state index in [2.05, 4.69) is 10.0 Å². The molecular weight excluding hydrogens is 610 g/mol. The molecule has 43 heavy (non-hydrogen) atoms. The maximum atomic E-state index is 13.4. The van der Waals surface area contributed by atoms with Crippen molar-refractivity contribution in [1.82, 2.24) is 9.88 Å². The number of methoxy groups -OCH3 is 2. The van der Waals surface area contributed by atoms with Crippen molar-refractivity contribution >= 4 is 54.8 Å². The van der Waals surface area contributed by atoms with E-state index in [1.165, 1.54) is 18.2 Å². The number of ether oxygens (including phenoxy) is 2. The highest BCUT2D eigenvalue weighted by molar-refractivity contribution is 7.92. The predicted octanol–water partition coefficient (Wildman–Crippen LogP) is 5.56. The molecule has 0 spiro atoms. The molecule has 1 heterocycles. The molecule has 0 bridgehead atoms. The Kier molecular flexibility index (Phi) is 9.05. The first-order valence-corrected chi connectivity index (χ1v) is 15.8. The van der Waals surface area contributed by atoms with Gasteiger partial charge in [-0.1, -0.05) is 53.3 Å². The van der Waals surface area contributed by atoms with Crippen LogP contribution in [0.2, 0.25) is 5.02 Å². The van der Waals surface area contributed by atoms with Crippen molar-refractivity contribution < 1.29 is 22.7 Å². The third-order valence-electron chi connectivity index (χ3n) is 6.77. The Morgan fingerprint density at radius 3 is 2.37 bits per heavy atom. The van der Waals surface area contributed by atoms with Crippen LogP contribution >= 0.6 is 22.9 Å². The van der Waals surface area contributed by atoms with Crippen LogP contribution in [0.1, 0.15) is 21.5 Å². The van der Waals surface area contributed by atoms with E-state index in [1.807, 2.05) is 24.3 Å². The van der Waals surface area contributed by atoms with E-state index in [0.717, 1.165) is 22.5 Å². The largest absolute Gasteiger partial charge is 0.493 e. The molecular formula is C31H28ClN3O6S2. The molecule has 0 radical (unpaired) electrons. The Morgan fingerprint density at radius 1 is 0.907 bits per heavy atom. The zero-order chi connectivity index (χ0) is 30.6. The number of anilines is 1.